The quantitative estimate of drug-likeness (QED) is 0.253. The van der Waals surface area contributed by atoms with Gasteiger partial charge in [0.2, 0.25) is 0 Å². The van der Waals surface area contributed by atoms with Crippen molar-refractivity contribution >= 4 is 29.0 Å². The number of hydrogen-bond donors (Lipinski definition) is 3. The number of aromatic nitrogens is 4. The molecular formula is C3H10MgN6O. The SMILES string of the molecule is NN(CCO)c1nnn[nH]1.[MgH2]. The Bertz CT molecular complexity index is 178. The number of tetrazole rings is 1. The number of rotatable bonds is 3. The Morgan fingerprint density at radius 3 is 2.82 bits per heavy atom. The maximum atomic E-state index is 8.43. The maximum absolute atomic E-state index is 8.43. The Morgan fingerprint density at radius 1 is 1.64 bits per heavy atom. The van der Waals surface area contributed by atoms with Crippen molar-refractivity contribution in [2.45, 2.75) is 0 Å². The molecule has 0 radical (unpaired) electrons. The van der Waals surface area contributed by atoms with Crippen LogP contribution in [0.25, 0.3) is 0 Å². The van der Waals surface area contributed by atoms with E-state index < -0.39 is 0 Å². The topological polar surface area (TPSA) is 104 Å². The summed E-state index contributed by atoms with van der Waals surface area (Å²) in [6, 6.07) is 0. The number of anilines is 1. The second-order valence-corrected chi connectivity index (χ2v) is 1.64. The molecule has 1 heterocycles. The summed E-state index contributed by atoms with van der Waals surface area (Å²) in [7, 11) is 0. The van der Waals surface area contributed by atoms with Crippen molar-refractivity contribution in [3.05, 3.63) is 0 Å². The smallest absolute Gasteiger partial charge is 0.316 e. The summed E-state index contributed by atoms with van der Waals surface area (Å²) in [5, 5.41) is 22.2. The van der Waals surface area contributed by atoms with Gasteiger partial charge in [-0.3, -0.25) is 5.01 Å². The fourth-order valence-electron chi connectivity index (χ4n) is 0.489. The second-order valence-electron chi connectivity index (χ2n) is 1.64. The van der Waals surface area contributed by atoms with Crippen molar-refractivity contribution in [3.8, 4) is 0 Å². The fourth-order valence-corrected chi connectivity index (χ4v) is 0.489. The molecule has 0 aliphatic carbocycles. The van der Waals surface area contributed by atoms with Gasteiger partial charge in [0.05, 0.1) is 13.2 Å². The molecule has 0 saturated carbocycles. The van der Waals surface area contributed by atoms with Crippen LogP contribution in [0.2, 0.25) is 0 Å². The summed E-state index contributed by atoms with van der Waals surface area (Å²) < 4.78 is 0. The second kappa shape index (κ2) is 5.24. The highest BCUT2D eigenvalue weighted by molar-refractivity contribution is 5.75. The number of aliphatic hydroxyl groups is 1. The van der Waals surface area contributed by atoms with Crippen molar-refractivity contribution in [1.82, 2.24) is 20.6 Å². The van der Waals surface area contributed by atoms with Crippen LogP contribution in [-0.4, -0.2) is 61.9 Å². The van der Waals surface area contributed by atoms with Crippen LogP contribution in [0.15, 0.2) is 0 Å². The van der Waals surface area contributed by atoms with Gasteiger partial charge in [0.25, 0.3) is 5.95 Å². The molecule has 0 fully saturated rings. The molecule has 1 aromatic heterocycles. The first-order chi connectivity index (χ1) is 4.84. The first kappa shape index (κ1) is 10.6. The monoisotopic (exact) mass is 170 g/mol. The van der Waals surface area contributed by atoms with Gasteiger partial charge in [-0.1, -0.05) is 5.10 Å². The predicted octanol–water partition coefficient (Wildman–Crippen LogP) is -3.04. The van der Waals surface area contributed by atoms with E-state index in [0.717, 1.165) is 0 Å². The first-order valence-corrected chi connectivity index (χ1v) is 2.71. The van der Waals surface area contributed by atoms with E-state index in [4.69, 9.17) is 10.9 Å². The van der Waals surface area contributed by atoms with E-state index in [9.17, 15) is 0 Å². The number of nitrogens with two attached hydrogens (primary N) is 1. The lowest BCUT2D eigenvalue weighted by Gasteiger charge is -2.10. The van der Waals surface area contributed by atoms with Crippen LogP contribution < -0.4 is 10.9 Å². The van der Waals surface area contributed by atoms with Crippen LogP contribution >= 0.6 is 0 Å². The van der Waals surface area contributed by atoms with E-state index in [2.05, 4.69) is 20.6 Å². The van der Waals surface area contributed by atoms with Gasteiger partial charge in [0, 0.05) is 0 Å². The Balaban J connectivity index is 0.000001000. The number of nitrogens with one attached hydrogen (secondary N) is 1. The molecule has 0 aliphatic heterocycles. The van der Waals surface area contributed by atoms with Gasteiger partial charge in [0.1, 0.15) is 0 Å². The first-order valence-electron chi connectivity index (χ1n) is 2.71. The molecule has 0 amide bonds. The van der Waals surface area contributed by atoms with Crippen LogP contribution in [0.5, 0.6) is 0 Å². The van der Waals surface area contributed by atoms with Crippen LogP contribution in [-0.2, 0) is 0 Å². The molecule has 0 unspecified atom stereocenters. The molecule has 0 spiro atoms. The predicted molar refractivity (Wildman–Crippen MR) is 41.3 cm³/mol. The number of nitrogens with zero attached hydrogens (tertiary/aromatic N) is 4. The normalized spacial score (nSPS) is 8.91. The third-order valence-electron chi connectivity index (χ3n) is 0.947. The molecule has 4 N–H and O–H groups in total. The molecule has 7 nitrogen and oxygen atoms in total. The van der Waals surface area contributed by atoms with Crippen molar-refractivity contribution in [1.29, 1.82) is 0 Å². The molecule has 0 saturated heterocycles. The molecule has 0 atom stereocenters. The highest BCUT2D eigenvalue weighted by Crippen LogP contribution is 1.93. The van der Waals surface area contributed by atoms with Crippen molar-refractivity contribution in [3.63, 3.8) is 0 Å². The zero-order valence-electron chi connectivity index (χ0n) is 5.23. The Kier molecular flexibility index (Phi) is 5.03. The molecule has 11 heavy (non-hydrogen) atoms. The standard InChI is InChI=1S/C3H8N6O.Mg.2H/c4-9(1-2-10)3-5-7-8-6-3;;;/h10H,1-2,4H2,(H,5,6,7,8);;;. The van der Waals surface area contributed by atoms with Gasteiger partial charge in [-0.2, -0.15) is 0 Å². The molecule has 8 heteroatoms. The van der Waals surface area contributed by atoms with Crippen LogP contribution in [0.1, 0.15) is 0 Å². The van der Waals surface area contributed by atoms with Gasteiger partial charge in [-0.05, 0) is 10.4 Å². The number of hydrazine groups is 1. The minimum Gasteiger partial charge on any atom is -0.394 e. The summed E-state index contributed by atoms with van der Waals surface area (Å²) in [5.74, 6) is 5.69. The number of aromatic amines is 1. The minimum absolute atomic E-state index is 0. The van der Waals surface area contributed by atoms with Crippen LogP contribution in [0, 0.1) is 0 Å². The molecule has 0 bridgehead atoms. The minimum atomic E-state index is -0.0306. The van der Waals surface area contributed by atoms with Gasteiger partial charge in [0.15, 0.2) is 0 Å². The summed E-state index contributed by atoms with van der Waals surface area (Å²) in [6.07, 6.45) is 0. The van der Waals surface area contributed by atoms with Crippen molar-refractivity contribution in [2.24, 2.45) is 5.84 Å². The van der Waals surface area contributed by atoms with E-state index in [1.165, 1.54) is 5.01 Å². The third kappa shape index (κ3) is 2.97. The highest BCUT2D eigenvalue weighted by atomic mass is 24.3. The third-order valence-corrected chi connectivity index (χ3v) is 0.947. The molecule has 1 rings (SSSR count). The maximum Gasteiger partial charge on any atom is 0.316 e. The van der Waals surface area contributed by atoms with Crippen LogP contribution in [0.3, 0.4) is 0 Å². The zero-order valence-corrected chi connectivity index (χ0v) is 5.23. The van der Waals surface area contributed by atoms with E-state index >= 15 is 0 Å². The number of aliphatic hydroxyl groups excluding tert-OH is 1. The lowest BCUT2D eigenvalue weighted by atomic mass is 10.7. The van der Waals surface area contributed by atoms with Crippen molar-refractivity contribution < 1.29 is 5.11 Å². The number of hydrogen-bond acceptors (Lipinski definition) is 6. The molecule has 1 aromatic rings. The molecule has 60 valence electrons. The fraction of sp³-hybridized carbons (Fsp3) is 0.667. The lowest BCUT2D eigenvalue weighted by molar-refractivity contribution is 0.301. The Labute approximate surface area is 79.1 Å². The van der Waals surface area contributed by atoms with E-state index in [-0.39, 0.29) is 29.7 Å². The van der Waals surface area contributed by atoms with Gasteiger partial charge >= 0.3 is 23.1 Å². The van der Waals surface area contributed by atoms with Gasteiger partial charge < -0.3 is 5.11 Å². The number of H-pyrrole nitrogens is 1. The summed E-state index contributed by atoms with van der Waals surface area (Å²) in [5.41, 5.74) is 0. The lowest BCUT2D eigenvalue weighted by Crippen LogP contribution is -2.34. The summed E-state index contributed by atoms with van der Waals surface area (Å²) in [4.78, 5) is 0. The summed E-state index contributed by atoms with van der Waals surface area (Å²) in [6.45, 7) is 0.272. The summed E-state index contributed by atoms with van der Waals surface area (Å²) >= 11 is 0. The largest absolute Gasteiger partial charge is 0.394 e. The molecule has 0 aliphatic rings. The zero-order chi connectivity index (χ0) is 7.40. The van der Waals surface area contributed by atoms with Crippen LogP contribution in [0.4, 0.5) is 5.95 Å². The molecular weight excluding hydrogens is 160 g/mol. The average Bonchev–Trinajstić information content (AvgIpc) is 2.38. The van der Waals surface area contributed by atoms with Gasteiger partial charge in [-0.15, -0.1) is 0 Å². The van der Waals surface area contributed by atoms with Crippen molar-refractivity contribution in [2.75, 3.05) is 18.2 Å². The van der Waals surface area contributed by atoms with E-state index in [1.807, 2.05) is 0 Å². The van der Waals surface area contributed by atoms with E-state index in [0.29, 0.717) is 12.5 Å². The van der Waals surface area contributed by atoms with E-state index in [1.54, 1.807) is 0 Å². The average molecular weight is 170 g/mol. The van der Waals surface area contributed by atoms with Gasteiger partial charge in [-0.25, -0.2) is 10.9 Å². The Morgan fingerprint density at radius 2 is 2.36 bits per heavy atom. The highest BCUT2D eigenvalue weighted by Gasteiger charge is 2.02. The molecule has 0 aromatic carbocycles. The Hall–Kier alpha value is -0.444.